The number of fused-ring (bicyclic) bond motifs is 1. The fraction of sp³-hybridized carbons (Fsp3) is 0.667. The molecule has 1 aliphatic carbocycles. The maximum Gasteiger partial charge on any atom is 0.249 e. The van der Waals surface area contributed by atoms with Crippen molar-refractivity contribution >= 4 is 23.3 Å². The Hall–Kier alpha value is -2.49. The number of anilines is 1. The highest BCUT2D eigenvalue weighted by Gasteiger charge is 2.54. The summed E-state index contributed by atoms with van der Waals surface area (Å²) in [5.41, 5.74) is 7.94. The second kappa shape index (κ2) is 10.5. The first-order chi connectivity index (χ1) is 17.4. The minimum Gasteiger partial charge on any atom is -0.377 e. The van der Waals surface area contributed by atoms with Crippen LogP contribution in [0.5, 0.6) is 0 Å². The van der Waals surface area contributed by atoms with Crippen molar-refractivity contribution in [3.63, 3.8) is 0 Å². The number of primary amides is 1. The van der Waals surface area contributed by atoms with Crippen molar-refractivity contribution in [1.29, 1.82) is 0 Å². The largest absolute Gasteiger partial charge is 0.377 e. The van der Waals surface area contributed by atoms with Crippen LogP contribution in [-0.2, 0) is 19.1 Å². The Labute approximate surface area is 212 Å². The standard InChI is InChI=1S/C27H38N4O5/c1-3-29-10-12-30(13-11-29)18-8-9-19(26(28)33)20(14-18)23(17-6-4-5-7-17)27(34)31-15-22(35-2)25-24(31)21(32)16-36-25/h8-9,14,17,22-25H,3-7,10-13,15-16H2,1-2H3,(H2,28,33)/t22-,23-,24+,25+/m0/s1. The van der Waals surface area contributed by atoms with Crippen molar-refractivity contribution in [1.82, 2.24) is 9.80 Å². The molecule has 9 nitrogen and oxygen atoms in total. The highest BCUT2D eigenvalue weighted by Crippen LogP contribution is 2.43. The van der Waals surface area contributed by atoms with E-state index in [0.717, 1.165) is 64.1 Å². The Bertz CT molecular complexity index is 1000. The summed E-state index contributed by atoms with van der Waals surface area (Å²) in [6, 6.07) is 5.11. The lowest BCUT2D eigenvalue weighted by atomic mass is 9.80. The molecular formula is C27H38N4O5. The van der Waals surface area contributed by atoms with Gasteiger partial charge >= 0.3 is 0 Å². The number of ether oxygens (including phenoxy) is 2. The molecule has 0 aromatic heterocycles. The normalized spacial score (nSPS) is 28.1. The first-order valence-electron chi connectivity index (χ1n) is 13.3. The maximum absolute atomic E-state index is 14.3. The topological polar surface area (TPSA) is 105 Å². The molecule has 1 aromatic carbocycles. The zero-order valence-corrected chi connectivity index (χ0v) is 21.4. The van der Waals surface area contributed by atoms with E-state index in [2.05, 4.69) is 16.7 Å². The lowest BCUT2D eigenvalue weighted by molar-refractivity contribution is -0.139. The van der Waals surface area contributed by atoms with Crippen LogP contribution in [0.25, 0.3) is 0 Å². The average Bonchev–Trinajstić information content (AvgIpc) is 3.63. The number of piperazine rings is 1. The number of rotatable bonds is 7. The number of carbonyl (C=O) groups excluding carboxylic acids is 3. The molecule has 9 heteroatoms. The number of methoxy groups -OCH3 is 1. The monoisotopic (exact) mass is 498 g/mol. The van der Waals surface area contributed by atoms with E-state index in [0.29, 0.717) is 17.7 Å². The van der Waals surface area contributed by atoms with E-state index in [4.69, 9.17) is 15.2 Å². The summed E-state index contributed by atoms with van der Waals surface area (Å²) in [5, 5.41) is 0. The highest BCUT2D eigenvalue weighted by molar-refractivity contribution is 5.99. The molecule has 0 bridgehead atoms. The van der Waals surface area contributed by atoms with Crippen LogP contribution in [0.15, 0.2) is 18.2 Å². The van der Waals surface area contributed by atoms with Gasteiger partial charge in [-0.2, -0.15) is 0 Å². The molecule has 36 heavy (non-hydrogen) atoms. The van der Waals surface area contributed by atoms with Crippen molar-refractivity contribution < 1.29 is 23.9 Å². The van der Waals surface area contributed by atoms with Crippen LogP contribution in [0.1, 0.15) is 54.4 Å². The third-order valence-electron chi connectivity index (χ3n) is 8.68. The van der Waals surface area contributed by atoms with Crippen LogP contribution in [0.2, 0.25) is 0 Å². The molecule has 0 spiro atoms. The second-order valence-corrected chi connectivity index (χ2v) is 10.5. The zero-order chi connectivity index (χ0) is 25.4. The smallest absolute Gasteiger partial charge is 0.249 e. The number of likely N-dealkylation sites (tertiary alicyclic amines) is 1. The van der Waals surface area contributed by atoms with Crippen molar-refractivity contribution in [2.75, 3.05) is 57.9 Å². The number of hydrogen-bond acceptors (Lipinski definition) is 7. The lowest BCUT2D eigenvalue weighted by Gasteiger charge is -2.36. The van der Waals surface area contributed by atoms with Crippen LogP contribution in [0, 0.1) is 5.92 Å². The average molecular weight is 499 g/mol. The number of ketones is 1. The molecule has 4 aliphatic rings. The number of hydrogen-bond donors (Lipinski definition) is 1. The molecule has 3 saturated heterocycles. The fourth-order valence-electron chi connectivity index (χ4n) is 6.66. The highest BCUT2D eigenvalue weighted by atomic mass is 16.5. The molecule has 3 aliphatic heterocycles. The Morgan fingerprint density at radius 2 is 1.89 bits per heavy atom. The van der Waals surface area contributed by atoms with E-state index in [-0.39, 0.29) is 30.3 Å². The molecule has 196 valence electrons. The Morgan fingerprint density at radius 3 is 2.53 bits per heavy atom. The predicted octanol–water partition coefficient (Wildman–Crippen LogP) is 1.39. The molecular weight excluding hydrogens is 460 g/mol. The summed E-state index contributed by atoms with van der Waals surface area (Å²) in [6.45, 7) is 7.25. The molecule has 4 atom stereocenters. The third kappa shape index (κ3) is 4.53. The van der Waals surface area contributed by atoms with Crippen molar-refractivity contribution in [2.45, 2.75) is 56.8 Å². The summed E-state index contributed by atoms with van der Waals surface area (Å²) >= 11 is 0. The van der Waals surface area contributed by atoms with Crippen molar-refractivity contribution in [3.05, 3.63) is 29.3 Å². The molecule has 1 saturated carbocycles. The summed E-state index contributed by atoms with van der Waals surface area (Å²) in [7, 11) is 1.59. The molecule has 0 unspecified atom stereocenters. The second-order valence-electron chi connectivity index (χ2n) is 10.5. The Morgan fingerprint density at radius 1 is 1.17 bits per heavy atom. The van der Waals surface area contributed by atoms with Gasteiger partial charge in [-0.1, -0.05) is 19.8 Å². The fourth-order valence-corrected chi connectivity index (χ4v) is 6.66. The van der Waals surface area contributed by atoms with Crippen molar-refractivity contribution in [3.8, 4) is 0 Å². The first kappa shape index (κ1) is 25.2. The number of Topliss-reactive ketones (excluding diaryl/α,β-unsaturated/α-hetero) is 1. The number of amides is 2. The number of likely N-dealkylation sites (N-methyl/N-ethyl adjacent to an activating group) is 1. The van der Waals surface area contributed by atoms with Crippen LogP contribution in [-0.4, -0.2) is 98.6 Å². The van der Waals surface area contributed by atoms with Gasteiger partial charge in [0.05, 0.1) is 12.5 Å². The summed E-state index contributed by atoms with van der Waals surface area (Å²) < 4.78 is 11.3. The molecule has 0 radical (unpaired) electrons. The van der Waals surface area contributed by atoms with Gasteiger partial charge in [-0.25, -0.2) is 0 Å². The number of nitrogens with two attached hydrogens (primary N) is 1. The van der Waals surface area contributed by atoms with Gasteiger partial charge in [0, 0.05) is 44.5 Å². The maximum atomic E-state index is 14.3. The Balaban J connectivity index is 1.52. The van der Waals surface area contributed by atoms with E-state index >= 15 is 0 Å². The van der Waals surface area contributed by atoms with Crippen molar-refractivity contribution in [2.24, 2.45) is 11.7 Å². The number of carbonyl (C=O) groups is 3. The van der Waals surface area contributed by atoms with Gasteiger partial charge < -0.3 is 29.9 Å². The van der Waals surface area contributed by atoms with Gasteiger partial charge in [0.2, 0.25) is 11.8 Å². The lowest BCUT2D eigenvalue weighted by Crippen LogP contribution is -2.46. The van der Waals surface area contributed by atoms with Gasteiger partial charge in [0.25, 0.3) is 0 Å². The number of nitrogens with zero attached hydrogens (tertiary/aromatic N) is 3. The minimum absolute atomic E-state index is 0.00116. The summed E-state index contributed by atoms with van der Waals surface area (Å²) in [4.78, 5) is 46.0. The van der Waals surface area contributed by atoms with Gasteiger partial charge in [-0.05, 0) is 49.1 Å². The van der Waals surface area contributed by atoms with E-state index in [1.807, 2.05) is 12.1 Å². The zero-order valence-electron chi connectivity index (χ0n) is 21.4. The molecule has 2 amide bonds. The van der Waals surface area contributed by atoms with Crippen LogP contribution < -0.4 is 10.6 Å². The molecule has 2 N–H and O–H groups in total. The van der Waals surface area contributed by atoms with Gasteiger partial charge in [0.1, 0.15) is 24.9 Å². The molecule has 5 rings (SSSR count). The third-order valence-corrected chi connectivity index (χ3v) is 8.68. The van der Waals surface area contributed by atoms with Crippen LogP contribution in [0.3, 0.4) is 0 Å². The van der Waals surface area contributed by atoms with Crippen LogP contribution in [0.4, 0.5) is 5.69 Å². The van der Waals surface area contributed by atoms with Gasteiger partial charge in [-0.15, -0.1) is 0 Å². The molecule has 3 heterocycles. The molecule has 1 aromatic rings. The first-order valence-corrected chi connectivity index (χ1v) is 13.3. The predicted molar refractivity (Wildman–Crippen MR) is 135 cm³/mol. The summed E-state index contributed by atoms with van der Waals surface area (Å²) in [6.07, 6.45) is 3.14. The van der Waals surface area contributed by atoms with E-state index in [1.54, 1.807) is 18.1 Å². The SMILES string of the molecule is CCN1CCN(c2ccc(C(N)=O)c([C@@H](C(=O)N3C[C@H](OC)[C@H]4OCC(=O)[C@H]43)C3CCCC3)c2)CC1. The van der Waals surface area contributed by atoms with E-state index < -0.39 is 24.0 Å². The summed E-state index contributed by atoms with van der Waals surface area (Å²) in [5.74, 6) is -1.17. The minimum atomic E-state index is -0.631. The number of benzene rings is 1. The van der Waals surface area contributed by atoms with E-state index in [1.165, 1.54) is 0 Å². The molecule has 4 fully saturated rings. The quantitative estimate of drug-likeness (QED) is 0.606. The van der Waals surface area contributed by atoms with Gasteiger partial charge in [-0.3, -0.25) is 14.4 Å². The van der Waals surface area contributed by atoms with E-state index in [9.17, 15) is 14.4 Å². The Kier molecular flexibility index (Phi) is 7.32. The van der Waals surface area contributed by atoms with Gasteiger partial charge in [0.15, 0.2) is 5.78 Å². The van der Waals surface area contributed by atoms with Crippen LogP contribution >= 0.6 is 0 Å².